The number of hydrogen-bond donors (Lipinski definition) is 1. The Morgan fingerprint density at radius 1 is 1.15 bits per heavy atom. The Morgan fingerprint density at radius 3 is 2.55 bits per heavy atom. The lowest BCUT2D eigenvalue weighted by Gasteiger charge is -2.10. The van der Waals surface area contributed by atoms with Crippen LogP contribution in [0.25, 0.3) is 12.2 Å². The summed E-state index contributed by atoms with van der Waals surface area (Å²) in [6.07, 6.45) is 16.2. The second-order valence-electron chi connectivity index (χ2n) is 3.80. The first-order valence-corrected chi connectivity index (χ1v) is 6.25. The molecule has 0 aliphatic rings. The minimum Gasteiger partial charge on any atom is -0.340 e. The molecule has 20 heavy (non-hydrogen) atoms. The van der Waals surface area contributed by atoms with Gasteiger partial charge in [0.2, 0.25) is 0 Å². The number of nitrogens with zero attached hydrogens (tertiary/aromatic N) is 2. The highest BCUT2D eigenvalue weighted by Gasteiger charge is 2.06. The van der Waals surface area contributed by atoms with Gasteiger partial charge in [-0.3, -0.25) is 0 Å². The van der Waals surface area contributed by atoms with E-state index in [0.29, 0.717) is 5.82 Å². The smallest absolute Gasteiger partial charge is 0.141 e. The Morgan fingerprint density at radius 2 is 1.95 bits per heavy atom. The Labute approximate surface area is 120 Å². The van der Waals surface area contributed by atoms with E-state index in [1.165, 1.54) is 6.33 Å². The van der Waals surface area contributed by atoms with E-state index in [1.807, 2.05) is 37.3 Å². The van der Waals surface area contributed by atoms with Crippen LogP contribution in [0.4, 0.5) is 5.82 Å². The van der Waals surface area contributed by atoms with E-state index in [-0.39, 0.29) is 0 Å². The molecule has 0 saturated heterocycles. The molecule has 0 spiro atoms. The summed E-state index contributed by atoms with van der Waals surface area (Å²) in [5.74, 6) is 0.689. The van der Waals surface area contributed by atoms with Gasteiger partial charge in [0.1, 0.15) is 12.1 Å². The van der Waals surface area contributed by atoms with Crippen LogP contribution in [0.2, 0.25) is 0 Å². The number of allylic oxidation sites excluding steroid dienone is 6. The van der Waals surface area contributed by atoms with E-state index in [9.17, 15) is 0 Å². The first-order valence-electron chi connectivity index (χ1n) is 6.25. The molecule has 0 saturated carbocycles. The Hall–Kier alpha value is -2.68. The van der Waals surface area contributed by atoms with Crippen molar-refractivity contribution >= 4 is 18.0 Å². The van der Waals surface area contributed by atoms with Gasteiger partial charge in [-0.05, 0) is 25.2 Å². The molecule has 0 unspecified atom stereocenters. The van der Waals surface area contributed by atoms with Crippen molar-refractivity contribution in [2.75, 3.05) is 5.32 Å². The Kier molecular flexibility index (Phi) is 6.48. The molecule has 3 nitrogen and oxygen atoms in total. The second kappa shape index (κ2) is 8.43. The van der Waals surface area contributed by atoms with Crippen LogP contribution in [0.3, 0.4) is 0 Å². The fourth-order valence-electron chi connectivity index (χ4n) is 1.52. The number of hydrogen-bond acceptors (Lipinski definition) is 3. The van der Waals surface area contributed by atoms with Gasteiger partial charge in [0.05, 0.1) is 5.69 Å². The third-order valence-electron chi connectivity index (χ3n) is 2.46. The number of aromatic nitrogens is 2. The molecule has 1 rings (SSSR count). The van der Waals surface area contributed by atoms with Crippen molar-refractivity contribution in [3.8, 4) is 0 Å². The van der Waals surface area contributed by atoms with Crippen LogP contribution in [0.5, 0.6) is 0 Å². The van der Waals surface area contributed by atoms with Crippen molar-refractivity contribution in [2.45, 2.75) is 6.92 Å². The molecule has 0 aromatic carbocycles. The van der Waals surface area contributed by atoms with E-state index in [1.54, 1.807) is 18.2 Å². The summed E-state index contributed by atoms with van der Waals surface area (Å²) in [6.45, 7) is 13.2. The molecule has 0 bridgehead atoms. The first kappa shape index (κ1) is 15.4. The molecule has 3 heteroatoms. The van der Waals surface area contributed by atoms with Crippen LogP contribution in [0, 0.1) is 0 Å². The largest absolute Gasteiger partial charge is 0.340 e. The topological polar surface area (TPSA) is 37.8 Å². The molecule has 0 aliphatic carbocycles. The zero-order valence-electron chi connectivity index (χ0n) is 11.7. The maximum absolute atomic E-state index is 4.25. The van der Waals surface area contributed by atoms with Crippen molar-refractivity contribution in [1.82, 2.24) is 9.97 Å². The van der Waals surface area contributed by atoms with Gasteiger partial charge in [-0.1, -0.05) is 50.1 Å². The molecule has 0 aliphatic heterocycles. The summed E-state index contributed by atoms with van der Waals surface area (Å²) in [5, 5.41) is 3.25. The predicted molar refractivity (Wildman–Crippen MR) is 88.1 cm³/mol. The number of nitrogens with one attached hydrogen (secondary N) is 1. The highest BCUT2D eigenvalue weighted by atomic mass is 15.0. The fraction of sp³-hybridized carbons (Fsp3) is 0.0588. The maximum atomic E-state index is 4.25. The van der Waals surface area contributed by atoms with Gasteiger partial charge in [-0.25, -0.2) is 9.97 Å². The molecule has 0 fully saturated rings. The molecular weight excluding hydrogens is 246 g/mol. The van der Waals surface area contributed by atoms with Crippen LogP contribution in [0.1, 0.15) is 18.2 Å². The maximum Gasteiger partial charge on any atom is 0.141 e. The molecule has 1 aromatic rings. The third kappa shape index (κ3) is 4.21. The average molecular weight is 265 g/mol. The van der Waals surface area contributed by atoms with Crippen LogP contribution in [-0.2, 0) is 0 Å². The second-order valence-corrected chi connectivity index (χ2v) is 3.80. The van der Waals surface area contributed by atoms with E-state index in [0.717, 1.165) is 17.0 Å². The van der Waals surface area contributed by atoms with Gasteiger partial charge in [-0.15, -0.1) is 0 Å². The summed E-state index contributed by atoms with van der Waals surface area (Å²) < 4.78 is 0. The quantitative estimate of drug-likeness (QED) is 0.744. The van der Waals surface area contributed by atoms with Gasteiger partial charge in [-0.2, -0.15) is 0 Å². The molecule has 1 aromatic heterocycles. The Balaban J connectivity index is 3.17. The van der Waals surface area contributed by atoms with Gasteiger partial charge >= 0.3 is 0 Å². The fourth-order valence-corrected chi connectivity index (χ4v) is 1.52. The van der Waals surface area contributed by atoms with Crippen molar-refractivity contribution in [2.24, 2.45) is 0 Å². The van der Waals surface area contributed by atoms with Gasteiger partial charge < -0.3 is 5.32 Å². The van der Waals surface area contributed by atoms with E-state index in [4.69, 9.17) is 0 Å². The van der Waals surface area contributed by atoms with E-state index >= 15 is 0 Å². The molecule has 0 amide bonds. The summed E-state index contributed by atoms with van der Waals surface area (Å²) >= 11 is 0. The van der Waals surface area contributed by atoms with Crippen molar-refractivity contribution in [3.63, 3.8) is 0 Å². The van der Waals surface area contributed by atoms with Crippen LogP contribution in [0.15, 0.2) is 68.2 Å². The highest BCUT2D eigenvalue weighted by Crippen LogP contribution is 2.19. The normalized spacial score (nSPS) is 11.8. The van der Waals surface area contributed by atoms with Crippen LogP contribution >= 0.6 is 0 Å². The lowest BCUT2D eigenvalue weighted by atomic mass is 10.2. The molecule has 102 valence electrons. The molecule has 0 radical (unpaired) electrons. The third-order valence-corrected chi connectivity index (χ3v) is 2.46. The minimum atomic E-state index is 0.689. The molecule has 1 heterocycles. The minimum absolute atomic E-state index is 0.689. The summed E-state index contributed by atoms with van der Waals surface area (Å²) in [5.41, 5.74) is 2.45. The first-order chi connectivity index (χ1) is 9.76. The molecule has 0 atom stereocenters. The van der Waals surface area contributed by atoms with E-state index in [2.05, 4.69) is 35.0 Å². The van der Waals surface area contributed by atoms with Crippen molar-refractivity contribution < 1.29 is 0 Å². The monoisotopic (exact) mass is 265 g/mol. The lowest BCUT2D eigenvalue weighted by Crippen LogP contribution is -2.03. The summed E-state index contributed by atoms with van der Waals surface area (Å²) in [6, 6.07) is 0. The zero-order valence-corrected chi connectivity index (χ0v) is 11.7. The zero-order chi connectivity index (χ0) is 14.8. The van der Waals surface area contributed by atoms with Crippen LogP contribution < -0.4 is 5.32 Å². The number of rotatable bonds is 7. The average Bonchev–Trinajstić information content (AvgIpc) is 2.49. The van der Waals surface area contributed by atoms with Crippen LogP contribution in [-0.4, -0.2) is 9.97 Å². The Bertz CT molecular complexity index is 578. The molecular formula is C17H19N3. The SMILES string of the molecule is C=C\C=C/C(=C\C=C/C)Nc1ncnc(C=C)c1C=C. The van der Waals surface area contributed by atoms with Crippen molar-refractivity contribution in [3.05, 3.63) is 79.5 Å². The lowest BCUT2D eigenvalue weighted by molar-refractivity contribution is 1.14. The summed E-state index contributed by atoms with van der Waals surface area (Å²) in [7, 11) is 0. The molecule has 1 N–H and O–H groups in total. The standard InChI is InChI=1S/C17H19N3/c1-5-9-11-14(12-10-6-2)20-17-15(7-3)16(8-4)18-13-19-17/h5-13H,1,3-4H2,2H3,(H,18,19,20)/b10-6-,11-9-,14-12+. The highest BCUT2D eigenvalue weighted by molar-refractivity contribution is 5.71. The van der Waals surface area contributed by atoms with Gasteiger partial charge in [0.15, 0.2) is 0 Å². The van der Waals surface area contributed by atoms with Crippen molar-refractivity contribution in [1.29, 1.82) is 0 Å². The number of anilines is 1. The summed E-state index contributed by atoms with van der Waals surface area (Å²) in [4.78, 5) is 8.40. The van der Waals surface area contributed by atoms with Gasteiger partial charge in [0, 0.05) is 11.3 Å². The van der Waals surface area contributed by atoms with Gasteiger partial charge in [0.25, 0.3) is 0 Å². The van der Waals surface area contributed by atoms with E-state index < -0.39 is 0 Å². The predicted octanol–water partition coefficient (Wildman–Crippen LogP) is 4.38.